The minimum absolute atomic E-state index is 0.275. The van der Waals surface area contributed by atoms with Crippen LogP contribution in [0.25, 0.3) is 0 Å². The largest absolute Gasteiger partial charge is 0.398 e. The zero-order valence-electron chi connectivity index (χ0n) is 12.0. The minimum atomic E-state index is 0.275. The molecule has 0 amide bonds. The van der Waals surface area contributed by atoms with Crippen LogP contribution in [-0.4, -0.2) is 17.5 Å². The number of rotatable bonds is 7. The van der Waals surface area contributed by atoms with Crippen LogP contribution in [0.3, 0.4) is 0 Å². The highest BCUT2D eigenvalue weighted by atomic mass is 32.2. The molecule has 4 heteroatoms. The molecule has 0 aliphatic rings. The van der Waals surface area contributed by atoms with Crippen LogP contribution in [0, 0.1) is 11.3 Å². The normalized spacial score (nSPS) is 11.1. The minimum Gasteiger partial charge on any atom is -0.398 e. The molecule has 0 unspecified atom stereocenters. The number of anilines is 2. The Balaban J connectivity index is 2.78. The van der Waals surface area contributed by atoms with E-state index < -0.39 is 0 Å². The van der Waals surface area contributed by atoms with Gasteiger partial charge in [-0.3, -0.25) is 0 Å². The number of nitriles is 1. The molecule has 0 atom stereocenters. The maximum Gasteiger partial charge on any atom is 0.0670 e. The van der Waals surface area contributed by atoms with Gasteiger partial charge in [-0.25, -0.2) is 0 Å². The Labute approximate surface area is 120 Å². The van der Waals surface area contributed by atoms with Crippen LogP contribution in [0.5, 0.6) is 0 Å². The lowest BCUT2D eigenvalue weighted by Crippen LogP contribution is -2.32. The van der Waals surface area contributed by atoms with Crippen LogP contribution in [-0.2, 0) is 6.42 Å². The average molecular weight is 277 g/mol. The zero-order chi connectivity index (χ0) is 14.3. The molecule has 0 fully saturated rings. The van der Waals surface area contributed by atoms with Gasteiger partial charge in [-0.1, -0.05) is 13.8 Å². The Kier molecular flexibility index (Phi) is 6.04. The number of hydrogen-bond donors (Lipinski definition) is 2. The first-order valence-corrected chi connectivity index (χ1v) is 7.87. The van der Waals surface area contributed by atoms with Gasteiger partial charge in [0.15, 0.2) is 0 Å². The summed E-state index contributed by atoms with van der Waals surface area (Å²) in [5.41, 5.74) is 8.48. The van der Waals surface area contributed by atoms with E-state index in [2.05, 4.69) is 31.5 Å². The fraction of sp³-hybridized carbons (Fsp3) is 0.533. The van der Waals surface area contributed by atoms with Gasteiger partial charge in [0.2, 0.25) is 0 Å². The fourth-order valence-electron chi connectivity index (χ4n) is 2.08. The van der Waals surface area contributed by atoms with E-state index in [0.29, 0.717) is 12.1 Å². The molecule has 1 aromatic carbocycles. The lowest BCUT2D eigenvalue weighted by molar-refractivity contribution is 0.575. The summed E-state index contributed by atoms with van der Waals surface area (Å²) in [6, 6.07) is 7.97. The number of nitrogens with zero attached hydrogens (tertiary/aromatic N) is 1. The molecule has 1 rings (SSSR count). The second-order valence-corrected chi connectivity index (χ2v) is 5.97. The molecule has 1 aromatic rings. The van der Waals surface area contributed by atoms with E-state index >= 15 is 0 Å². The number of nitrogen functional groups attached to an aromatic ring is 1. The first-order chi connectivity index (χ1) is 9.10. The highest BCUT2D eigenvalue weighted by Crippen LogP contribution is 2.31. The third kappa shape index (κ3) is 4.07. The van der Waals surface area contributed by atoms with Gasteiger partial charge in [-0.05, 0) is 42.9 Å². The lowest BCUT2D eigenvalue weighted by Gasteiger charge is -2.30. The van der Waals surface area contributed by atoms with Crippen LogP contribution >= 0.6 is 11.8 Å². The molecular weight excluding hydrogens is 254 g/mol. The highest BCUT2D eigenvalue weighted by Gasteiger charge is 2.24. The summed E-state index contributed by atoms with van der Waals surface area (Å²) >= 11 is 1.91. The highest BCUT2D eigenvalue weighted by molar-refractivity contribution is 8.00. The number of hydrogen-bond acceptors (Lipinski definition) is 4. The Morgan fingerprint density at radius 3 is 2.58 bits per heavy atom. The molecular formula is C15H23N3S. The summed E-state index contributed by atoms with van der Waals surface area (Å²) in [4.78, 5) is 0. The van der Waals surface area contributed by atoms with E-state index in [-0.39, 0.29) is 4.75 Å². The molecule has 0 saturated carbocycles. The Morgan fingerprint density at radius 1 is 1.37 bits per heavy atom. The van der Waals surface area contributed by atoms with Crippen LogP contribution in [0.2, 0.25) is 0 Å². The van der Waals surface area contributed by atoms with Gasteiger partial charge in [0.05, 0.1) is 12.5 Å². The third-order valence-electron chi connectivity index (χ3n) is 3.75. The molecule has 0 aliphatic carbocycles. The fourth-order valence-corrected chi connectivity index (χ4v) is 2.87. The van der Waals surface area contributed by atoms with E-state index in [1.165, 1.54) is 0 Å². The molecule has 0 aromatic heterocycles. The summed E-state index contributed by atoms with van der Waals surface area (Å²) in [6.45, 7) is 5.38. The number of thioether (sulfide) groups is 1. The van der Waals surface area contributed by atoms with Crippen molar-refractivity contribution in [3.63, 3.8) is 0 Å². The SMILES string of the molecule is CCC(CC)(CNc1ccc(N)c(CC#N)c1)SC. The molecule has 0 spiro atoms. The summed E-state index contributed by atoms with van der Waals surface area (Å²) in [7, 11) is 0. The van der Waals surface area contributed by atoms with E-state index in [1.807, 2.05) is 30.0 Å². The van der Waals surface area contributed by atoms with Crippen molar-refractivity contribution in [3.05, 3.63) is 23.8 Å². The van der Waals surface area contributed by atoms with Crippen molar-refractivity contribution in [3.8, 4) is 6.07 Å². The molecule has 19 heavy (non-hydrogen) atoms. The zero-order valence-corrected chi connectivity index (χ0v) is 12.8. The predicted molar refractivity (Wildman–Crippen MR) is 85.5 cm³/mol. The predicted octanol–water partition coefficient (Wildman–Crippen LogP) is 3.67. The van der Waals surface area contributed by atoms with Gasteiger partial charge in [-0.15, -0.1) is 0 Å². The maximum atomic E-state index is 8.78. The van der Waals surface area contributed by atoms with Crippen molar-refractivity contribution in [2.75, 3.05) is 23.9 Å². The molecule has 0 aliphatic heterocycles. The number of nitrogens with one attached hydrogen (secondary N) is 1. The van der Waals surface area contributed by atoms with Crippen molar-refractivity contribution in [2.24, 2.45) is 0 Å². The van der Waals surface area contributed by atoms with Crippen molar-refractivity contribution in [1.82, 2.24) is 0 Å². The average Bonchev–Trinajstić information content (AvgIpc) is 2.44. The Morgan fingerprint density at radius 2 is 2.05 bits per heavy atom. The smallest absolute Gasteiger partial charge is 0.0670 e. The van der Waals surface area contributed by atoms with Crippen molar-refractivity contribution in [2.45, 2.75) is 37.9 Å². The maximum absolute atomic E-state index is 8.78. The second-order valence-electron chi connectivity index (χ2n) is 4.70. The number of benzene rings is 1. The van der Waals surface area contributed by atoms with Gasteiger partial charge in [0.1, 0.15) is 0 Å². The van der Waals surface area contributed by atoms with Gasteiger partial charge in [-0.2, -0.15) is 17.0 Å². The Hall–Kier alpha value is -1.34. The molecule has 0 radical (unpaired) electrons. The quantitative estimate of drug-likeness (QED) is 0.746. The molecule has 3 N–H and O–H groups in total. The van der Waals surface area contributed by atoms with Crippen molar-refractivity contribution in [1.29, 1.82) is 5.26 Å². The number of nitrogens with two attached hydrogens (primary N) is 1. The van der Waals surface area contributed by atoms with E-state index in [0.717, 1.165) is 30.6 Å². The van der Waals surface area contributed by atoms with Crippen molar-refractivity contribution < 1.29 is 0 Å². The standard InChI is InChI=1S/C15H23N3S/c1-4-15(5-2,19-3)11-18-13-6-7-14(17)12(10-13)8-9-16/h6-7,10,18H,4-5,8,11,17H2,1-3H3. The van der Waals surface area contributed by atoms with Crippen LogP contribution < -0.4 is 11.1 Å². The van der Waals surface area contributed by atoms with E-state index in [4.69, 9.17) is 11.0 Å². The van der Waals surface area contributed by atoms with Gasteiger partial charge in [0, 0.05) is 22.7 Å². The van der Waals surface area contributed by atoms with E-state index in [9.17, 15) is 0 Å². The summed E-state index contributed by atoms with van der Waals surface area (Å²) < 4.78 is 0.275. The monoisotopic (exact) mass is 277 g/mol. The Bertz CT molecular complexity index is 439. The molecule has 0 heterocycles. The third-order valence-corrected chi connectivity index (χ3v) is 5.34. The summed E-state index contributed by atoms with van der Waals surface area (Å²) in [6.07, 6.45) is 4.80. The van der Waals surface area contributed by atoms with Crippen LogP contribution in [0.1, 0.15) is 32.3 Å². The first kappa shape index (κ1) is 15.7. The van der Waals surface area contributed by atoms with Gasteiger partial charge in [0.25, 0.3) is 0 Å². The second kappa shape index (κ2) is 7.30. The molecule has 0 saturated heterocycles. The topological polar surface area (TPSA) is 61.8 Å². The van der Waals surface area contributed by atoms with Crippen LogP contribution in [0.15, 0.2) is 18.2 Å². The van der Waals surface area contributed by atoms with Gasteiger partial charge < -0.3 is 11.1 Å². The van der Waals surface area contributed by atoms with Gasteiger partial charge >= 0.3 is 0 Å². The lowest BCUT2D eigenvalue weighted by atomic mass is 10.0. The molecule has 104 valence electrons. The first-order valence-electron chi connectivity index (χ1n) is 6.65. The summed E-state index contributed by atoms with van der Waals surface area (Å²) in [5, 5.41) is 12.3. The van der Waals surface area contributed by atoms with Crippen molar-refractivity contribution >= 4 is 23.1 Å². The molecule has 3 nitrogen and oxygen atoms in total. The summed E-state index contributed by atoms with van der Waals surface area (Å²) in [5.74, 6) is 0. The van der Waals surface area contributed by atoms with Crippen LogP contribution in [0.4, 0.5) is 11.4 Å². The van der Waals surface area contributed by atoms with E-state index in [1.54, 1.807) is 0 Å². The molecule has 0 bridgehead atoms.